The van der Waals surface area contributed by atoms with Crippen LogP contribution in [0, 0.1) is 6.92 Å². The molecule has 1 unspecified atom stereocenters. The van der Waals surface area contributed by atoms with E-state index in [1.165, 1.54) is 5.01 Å². The summed E-state index contributed by atoms with van der Waals surface area (Å²) in [6, 6.07) is 12.8. The number of nitrogens with zero attached hydrogens (tertiary/aromatic N) is 2. The number of para-hydroxylation sites is 1. The Bertz CT molecular complexity index is 973. The third-order valence-corrected chi connectivity index (χ3v) is 5.37. The van der Waals surface area contributed by atoms with Crippen molar-refractivity contribution in [3.63, 3.8) is 0 Å². The summed E-state index contributed by atoms with van der Waals surface area (Å²) in [5.41, 5.74) is 2.76. The van der Waals surface area contributed by atoms with E-state index in [9.17, 15) is 9.59 Å². The number of benzene rings is 2. The molecule has 7 heteroatoms. The molecule has 0 saturated heterocycles. The van der Waals surface area contributed by atoms with Crippen LogP contribution in [-0.2, 0) is 9.59 Å². The number of ether oxygens (including phenoxy) is 1. The maximum Gasteiger partial charge on any atom is 0.268 e. The van der Waals surface area contributed by atoms with E-state index < -0.39 is 0 Å². The highest BCUT2D eigenvalue weighted by Crippen LogP contribution is 2.32. The summed E-state index contributed by atoms with van der Waals surface area (Å²) < 4.78 is 5.64. The third kappa shape index (κ3) is 3.60. The van der Waals surface area contributed by atoms with Gasteiger partial charge in [-0.1, -0.05) is 35.9 Å². The van der Waals surface area contributed by atoms with Crippen LogP contribution in [0.1, 0.15) is 36.4 Å². The second-order valence-electron chi connectivity index (χ2n) is 6.89. The molecule has 0 aliphatic carbocycles. The van der Waals surface area contributed by atoms with Crippen LogP contribution in [-0.4, -0.2) is 24.1 Å². The van der Waals surface area contributed by atoms with Gasteiger partial charge >= 0.3 is 0 Å². The lowest BCUT2D eigenvalue weighted by Crippen LogP contribution is -2.41. The molecule has 2 aromatic carbocycles. The van der Waals surface area contributed by atoms with E-state index in [4.69, 9.17) is 16.3 Å². The van der Waals surface area contributed by atoms with Gasteiger partial charge in [0.15, 0.2) is 0 Å². The predicted octanol–water partition coefficient (Wildman–Crippen LogP) is 3.77. The van der Waals surface area contributed by atoms with Gasteiger partial charge in [0.2, 0.25) is 5.91 Å². The first-order chi connectivity index (χ1) is 13.5. The largest absolute Gasteiger partial charge is 0.493 e. The second-order valence-corrected chi connectivity index (χ2v) is 7.29. The van der Waals surface area contributed by atoms with Crippen LogP contribution in [0.25, 0.3) is 0 Å². The van der Waals surface area contributed by atoms with Crippen LogP contribution in [0.5, 0.6) is 5.75 Å². The fraction of sp³-hybridized carbons (Fsp3) is 0.286. The number of carbonyl (C=O) groups is 2. The van der Waals surface area contributed by atoms with E-state index in [1.54, 1.807) is 12.1 Å². The molecule has 0 spiro atoms. The summed E-state index contributed by atoms with van der Waals surface area (Å²) >= 11 is 6.18. The molecular formula is C21H20ClN3O3. The van der Waals surface area contributed by atoms with Gasteiger partial charge in [-0.2, -0.15) is 5.10 Å². The minimum Gasteiger partial charge on any atom is -0.493 e. The Kier molecular flexibility index (Phi) is 5.05. The van der Waals surface area contributed by atoms with E-state index in [1.807, 2.05) is 37.3 Å². The molecule has 0 bridgehead atoms. The van der Waals surface area contributed by atoms with Crippen LogP contribution in [0.15, 0.2) is 47.6 Å². The summed E-state index contributed by atoms with van der Waals surface area (Å²) in [6.45, 7) is 2.43. The number of fused-ring (bicyclic) bond motifs is 1. The van der Waals surface area contributed by atoms with Crippen LogP contribution in [0.4, 0.5) is 5.69 Å². The van der Waals surface area contributed by atoms with Gasteiger partial charge in [-0.25, -0.2) is 5.01 Å². The monoisotopic (exact) mass is 397 g/mol. The molecule has 28 heavy (non-hydrogen) atoms. The standard InChI is InChI=1S/C21H20ClN3O3/c1-13-6-7-14(12-16(13)22)25-20(26)9-8-18(24-25)21(27)23-17-10-11-28-19-5-3-2-4-15(17)19/h2-7,12,17H,8-11H2,1H3,(H,23,27). The van der Waals surface area contributed by atoms with Crippen molar-refractivity contribution in [2.75, 3.05) is 11.6 Å². The number of halogens is 1. The van der Waals surface area contributed by atoms with Gasteiger partial charge in [-0.15, -0.1) is 0 Å². The summed E-state index contributed by atoms with van der Waals surface area (Å²) in [6.07, 6.45) is 1.22. The number of carbonyl (C=O) groups excluding carboxylic acids is 2. The Hall–Kier alpha value is -2.86. The molecule has 6 nitrogen and oxygen atoms in total. The predicted molar refractivity (Wildman–Crippen MR) is 108 cm³/mol. The first kappa shape index (κ1) is 18.5. The molecule has 0 fully saturated rings. The molecule has 1 N–H and O–H groups in total. The highest BCUT2D eigenvalue weighted by Gasteiger charge is 2.29. The zero-order valence-electron chi connectivity index (χ0n) is 15.4. The van der Waals surface area contributed by atoms with Crippen LogP contribution in [0.3, 0.4) is 0 Å². The number of amides is 2. The topological polar surface area (TPSA) is 71.0 Å². The summed E-state index contributed by atoms with van der Waals surface area (Å²) in [5, 5.41) is 9.18. The van der Waals surface area contributed by atoms with Gasteiger partial charge in [0.05, 0.1) is 18.3 Å². The second kappa shape index (κ2) is 7.64. The number of hydrogen-bond acceptors (Lipinski definition) is 4. The van der Waals surface area contributed by atoms with Gasteiger partial charge in [0.25, 0.3) is 5.91 Å². The first-order valence-corrected chi connectivity index (χ1v) is 9.60. The van der Waals surface area contributed by atoms with Crippen molar-refractivity contribution in [2.45, 2.75) is 32.2 Å². The van der Waals surface area contributed by atoms with Crippen LogP contribution in [0.2, 0.25) is 5.02 Å². The summed E-state index contributed by atoms with van der Waals surface area (Å²) in [5.74, 6) is 0.362. The van der Waals surface area contributed by atoms with E-state index in [-0.39, 0.29) is 24.3 Å². The number of hydrogen-bond donors (Lipinski definition) is 1. The molecule has 1 atom stereocenters. The van der Waals surface area contributed by atoms with Crippen molar-refractivity contribution in [1.29, 1.82) is 0 Å². The fourth-order valence-electron chi connectivity index (χ4n) is 3.37. The molecule has 2 heterocycles. The van der Waals surface area contributed by atoms with Crippen molar-refractivity contribution in [3.05, 3.63) is 58.6 Å². The maximum atomic E-state index is 12.8. The van der Waals surface area contributed by atoms with Gasteiger partial charge in [0.1, 0.15) is 11.5 Å². The lowest BCUT2D eigenvalue weighted by molar-refractivity contribution is -0.119. The lowest BCUT2D eigenvalue weighted by Gasteiger charge is -2.28. The zero-order chi connectivity index (χ0) is 19.7. The molecule has 0 saturated carbocycles. The Morgan fingerprint density at radius 1 is 1.25 bits per heavy atom. The molecule has 0 aromatic heterocycles. The van der Waals surface area contributed by atoms with Gasteiger partial charge < -0.3 is 10.1 Å². The van der Waals surface area contributed by atoms with Crippen molar-refractivity contribution >= 4 is 34.8 Å². The van der Waals surface area contributed by atoms with Crippen molar-refractivity contribution in [1.82, 2.24) is 5.32 Å². The lowest BCUT2D eigenvalue weighted by atomic mass is 10.00. The molecule has 2 aliphatic rings. The number of rotatable bonds is 3. The molecule has 2 amide bonds. The van der Waals surface area contributed by atoms with E-state index in [0.29, 0.717) is 35.9 Å². The van der Waals surface area contributed by atoms with E-state index in [2.05, 4.69) is 10.4 Å². The summed E-state index contributed by atoms with van der Waals surface area (Å²) in [4.78, 5) is 25.2. The summed E-state index contributed by atoms with van der Waals surface area (Å²) in [7, 11) is 0. The van der Waals surface area contributed by atoms with Crippen molar-refractivity contribution < 1.29 is 14.3 Å². The Morgan fingerprint density at radius 3 is 2.89 bits per heavy atom. The maximum absolute atomic E-state index is 12.8. The Morgan fingerprint density at radius 2 is 2.07 bits per heavy atom. The Balaban J connectivity index is 1.56. The van der Waals surface area contributed by atoms with E-state index in [0.717, 1.165) is 16.9 Å². The highest BCUT2D eigenvalue weighted by atomic mass is 35.5. The molecule has 0 radical (unpaired) electrons. The average molecular weight is 398 g/mol. The van der Waals surface area contributed by atoms with Gasteiger partial charge in [-0.3, -0.25) is 9.59 Å². The minimum absolute atomic E-state index is 0.139. The quantitative estimate of drug-likeness (QED) is 0.856. The smallest absolute Gasteiger partial charge is 0.268 e. The number of nitrogens with one attached hydrogen (secondary N) is 1. The minimum atomic E-state index is -0.266. The molecule has 4 rings (SSSR count). The van der Waals surface area contributed by atoms with Gasteiger partial charge in [0, 0.05) is 29.8 Å². The normalized spacial score (nSPS) is 18.8. The first-order valence-electron chi connectivity index (χ1n) is 9.22. The van der Waals surface area contributed by atoms with Crippen LogP contribution >= 0.6 is 11.6 Å². The SMILES string of the molecule is Cc1ccc(N2N=C(C(=O)NC3CCOc4ccccc43)CCC2=O)cc1Cl. The number of hydrazone groups is 1. The molecule has 144 valence electrons. The van der Waals surface area contributed by atoms with Crippen molar-refractivity contribution in [2.24, 2.45) is 5.10 Å². The van der Waals surface area contributed by atoms with Crippen molar-refractivity contribution in [3.8, 4) is 5.75 Å². The van der Waals surface area contributed by atoms with E-state index >= 15 is 0 Å². The highest BCUT2D eigenvalue weighted by molar-refractivity contribution is 6.40. The van der Waals surface area contributed by atoms with Gasteiger partial charge in [-0.05, 0) is 30.7 Å². The third-order valence-electron chi connectivity index (χ3n) is 4.96. The number of anilines is 1. The van der Waals surface area contributed by atoms with Crippen LogP contribution < -0.4 is 15.1 Å². The molecule has 2 aliphatic heterocycles. The zero-order valence-corrected chi connectivity index (χ0v) is 16.2. The average Bonchev–Trinajstić information content (AvgIpc) is 2.71. The molecular weight excluding hydrogens is 378 g/mol. The fourth-order valence-corrected chi connectivity index (χ4v) is 3.54. The molecule has 2 aromatic rings. The number of aryl methyl sites for hydroxylation is 1. The Labute approximate surface area is 168 Å².